The van der Waals surface area contributed by atoms with E-state index in [9.17, 15) is 19.8 Å². The van der Waals surface area contributed by atoms with Crippen LogP contribution in [-0.4, -0.2) is 42.1 Å². The van der Waals surface area contributed by atoms with Crippen molar-refractivity contribution in [2.24, 2.45) is 0 Å². The summed E-state index contributed by atoms with van der Waals surface area (Å²) < 4.78 is 23.6. The number of rotatable bonds is 15. The summed E-state index contributed by atoms with van der Waals surface area (Å²) in [7, 11) is 0. The van der Waals surface area contributed by atoms with Crippen molar-refractivity contribution in [1.29, 1.82) is 0 Å². The molecule has 0 saturated heterocycles. The molecule has 12 nitrogen and oxygen atoms in total. The van der Waals surface area contributed by atoms with Crippen molar-refractivity contribution in [3.8, 4) is 23.0 Å². The maximum atomic E-state index is 11.4. The Morgan fingerprint density at radius 2 is 0.915 bits per heavy atom. The number of nitrogens with one attached hydrogen (secondary N) is 2. The molecule has 4 N–H and O–H groups in total. The van der Waals surface area contributed by atoms with Crippen molar-refractivity contribution < 1.29 is 38.7 Å². The fourth-order valence-corrected chi connectivity index (χ4v) is 6.06. The predicted molar refractivity (Wildman–Crippen MR) is 223 cm³/mol. The molecule has 8 aromatic rings. The van der Waals surface area contributed by atoms with Gasteiger partial charge in [0, 0.05) is 0 Å². The van der Waals surface area contributed by atoms with Crippen LogP contribution in [0.5, 0.6) is 23.0 Å². The monoisotopic (exact) mass is 790 g/mol. The van der Waals surface area contributed by atoms with Gasteiger partial charge in [-0.3, -0.25) is 0 Å². The number of carboxylic acid groups (broad SMARTS) is 2. The molecule has 6 aromatic carbocycles. The van der Waals surface area contributed by atoms with Gasteiger partial charge in [-0.2, -0.15) is 0 Å². The Morgan fingerprint density at radius 3 is 1.34 bits per heavy atom. The summed E-state index contributed by atoms with van der Waals surface area (Å²) in [4.78, 5) is 38.1. The van der Waals surface area contributed by atoms with Gasteiger partial charge >= 0.3 is 11.9 Å². The van der Waals surface area contributed by atoms with Crippen molar-refractivity contribution in [3.63, 3.8) is 0 Å². The van der Waals surface area contributed by atoms with Crippen LogP contribution in [0.25, 0.3) is 22.1 Å². The highest BCUT2D eigenvalue weighted by Crippen LogP contribution is 2.32. The molecular formula is C47H42N4O8. The summed E-state index contributed by atoms with van der Waals surface area (Å²) in [6, 6.07) is 40.8. The number of aromatic amines is 2. The second-order valence-corrected chi connectivity index (χ2v) is 13.6. The Kier molecular flexibility index (Phi) is 12.5. The van der Waals surface area contributed by atoms with Gasteiger partial charge in [0.2, 0.25) is 0 Å². The lowest BCUT2D eigenvalue weighted by molar-refractivity contribution is 0.0685. The lowest BCUT2D eigenvalue weighted by Gasteiger charge is -2.13. The molecule has 59 heavy (non-hydrogen) atoms. The van der Waals surface area contributed by atoms with Crippen LogP contribution < -0.4 is 18.9 Å². The van der Waals surface area contributed by atoms with Gasteiger partial charge in [0.25, 0.3) is 0 Å². The van der Waals surface area contributed by atoms with Crippen LogP contribution in [0.4, 0.5) is 0 Å². The number of aromatic carboxylic acids is 2. The first-order valence-corrected chi connectivity index (χ1v) is 19.0. The summed E-state index contributed by atoms with van der Waals surface area (Å²) in [6.07, 6.45) is 0.974. The van der Waals surface area contributed by atoms with Crippen LogP contribution >= 0.6 is 0 Å². The number of ether oxygens (including phenoxy) is 4. The number of hydrogen-bond acceptors (Lipinski definition) is 8. The summed E-state index contributed by atoms with van der Waals surface area (Å²) in [6.45, 7) is 5.17. The molecule has 298 valence electrons. The Labute approximate surface area is 340 Å². The number of carbonyl (C=O) groups is 2. The lowest BCUT2D eigenvalue weighted by Crippen LogP contribution is -2.04. The van der Waals surface area contributed by atoms with Crippen molar-refractivity contribution >= 4 is 34.0 Å². The first kappa shape index (κ1) is 39.6. The first-order valence-electron chi connectivity index (χ1n) is 19.0. The molecule has 0 aliphatic carbocycles. The van der Waals surface area contributed by atoms with E-state index < -0.39 is 11.9 Å². The SMILES string of the molecule is CCc1ccc(COc2cc(C(=O)O)ccc2OCc2nc3ccccc3[nH]2)cc1.Cc1ccc(COc2cc(C(=O)O)ccc2OCc2nc3ccccc3[nH]2)cc1. The fourth-order valence-electron chi connectivity index (χ4n) is 6.06. The molecule has 0 radical (unpaired) electrons. The van der Waals surface area contributed by atoms with E-state index in [4.69, 9.17) is 18.9 Å². The Hall–Kier alpha value is -7.60. The third-order valence-corrected chi connectivity index (χ3v) is 9.33. The van der Waals surface area contributed by atoms with Gasteiger partial charge in [0.1, 0.15) is 38.1 Å². The second kappa shape index (κ2) is 18.6. The lowest BCUT2D eigenvalue weighted by atomic mass is 10.1. The van der Waals surface area contributed by atoms with Crippen LogP contribution in [-0.2, 0) is 32.8 Å². The zero-order valence-corrected chi connectivity index (χ0v) is 32.5. The second-order valence-electron chi connectivity index (χ2n) is 13.6. The number of fused-ring (bicyclic) bond motifs is 2. The number of nitrogens with zero attached hydrogens (tertiary/aromatic N) is 2. The zero-order chi connectivity index (χ0) is 41.1. The normalized spacial score (nSPS) is 10.8. The van der Waals surface area contributed by atoms with E-state index in [2.05, 4.69) is 39.0 Å². The molecule has 12 heteroatoms. The van der Waals surface area contributed by atoms with Crippen molar-refractivity contribution in [2.75, 3.05) is 0 Å². The van der Waals surface area contributed by atoms with E-state index in [1.807, 2.05) is 91.9 Å². The molecule has 0 unspecified atom stereocenters. The van der Waals surface area contributed by atoms with Crippen LogP contribution in [0.15, 0.2) is 133 Å². The number of imidazole rings is 2. The van der Waals surface area contributed by atoms with Gasteiger partial charge in [-0.25, -0.2) is 19.6 Å². The molecule has 0 aliphatic rings. The maximum Gasteiger partial charge on any atom is 0.335 e. The molecule has 0 atom stereocenters. The van der Waals surface area contributed by atoms with Crippen LogP contribution in [0.3, 0.4) is 0 Å². The average molecular weight is 791 g/mol. The van der Waals surface area contributed by atoms with Crippen LogP contribution in [0, 0.1) is 6.92 Å². The van der Waals surface area contributed by atoms with E-state index in [1.54, 1.807) is 12.1 Å². The highest BCUT2D eigenvalue weighted by atomic mass is 16.5. The highest BCUT2D eigenvalue weighted by Gasteiger charge is 2.14. The number of aromatic nitrogens is 4. The fraction of sp³-hybridized carbons (Fsp3) is 0.149. The molecule has 0 bridgehead atoms. The topological polar surface area (TPSA) is 169 Å². The Bertz CT molecular complexity index is 2620. The smallest absolute Gasteiger partial charge is 0.335 e. The molecule has 8 rings (SSSR count). The zero-order valence-electron chi connectivity index (χ0n) is 32.5. The quantitative estimate of drug-likeness (QED) is 0.0784. The van der Waals surface area contributed by atoms with Crippen molar-refractivity contribution in [2.45, 2.75) is 46.7 Å². The van der Waals surface area contributed by atoms with Gasteiger partial charge < -0.3 is 39.1 Å². The van der Waals surface area contributed by atoms with Crippen molar-refractivity contribution in [3.05, 3.63) is 178 Å². The molecule has 0 spiro atoms. The molecule has 0 saturated carbocycles. The molecule has 2 aromatic heterocycles. The van der Waals surface area contributed by atoms with Crippen LogP contribution in [0.1, 0.15) is 61.5 Å². The van der Waals surface area contributed by atoms with E-state index in [0.717, 1.165) is 45.2 Å². The summed E-state index contributed by atoms with van der Waals surface area (Å²) in [5, 5.41) is 18.6. The number of aryl methyl sites for hydroxylation is 2. The average Bonchev–Trinajstić information content (AvgIpc) is 3.88. The van der Waals surface area contributed by atoms with Crippen LogP contribution in [0.2, 0.25) is 0 Å². The number of benzene rings is 6. The van der Waals surface area contributed by atoms with E-state index >= 15 is 0 Å². The standard InChI is InChI=1S/C24H22N2O4.C23H20N2O4/c1-2-16-7-9-17(10-8-16)14-29-22-13-18(24(27)28)11-12-21(22)30-15-23-25-19-5-3-4-6-20(19)26-23;1-15-6-8-16(9-7-15)13-28-21-12-17(23(26)27)10-11-20(21)29-14-22-24-18-4-2-3-5-19(18)25-22/h3-13H,2,14-15H2,1H3,(H,25,26)(H,27,28);2-12H,13-14H2,1H3,(H,24,25)(H,26,27). The Balaban J connectivity index is 0.000000179. The van der Waals surface area contributed by atoms with E-state index in [-0.39, 0.29) is 24.3 Å². The first-order chi connectivity index (χ1) is 28.7. The molecule has 0 aliphatic heterocycles. The van der Waals surface area contributed by atoms with Gasteiger partial charge in [-0.15, -0.1) is 0 Å². The highest BCUT2D eigenvalue weighted by molar-refractivity contribution is 5.89. The van der Waals surface area contributed by atoms with Gasteiger partial charge in [0.15, 0.2) is 23.0 Å². The summed E-state index contributed by atoms with van der Waals surface area (Å²) in [5.74, 6) is 1.00. The number of hydrogen-bond donors (Lipinski definition) is 4. The van der Waals surface area contributed by atoms with E-state index in [0.29, 0.717) is 47.9 Å². The third-order valence-electron chi connectivity index (χ3n) is 9.33. The number of para-hydroxylation sites is 4. The predicted octanol–water partition coefficient (Wildman–Crippen LogP) is 9.71. The molecule has 0 amide bonds. The van der Waals surface area contributed by atoms with Gasteiger partial charge in [-0.1, -0.05) is 85.3 Å². The van der Waals surface area contributed by atoms with Gasteiger partial charge in [0.05, 0.1) is 33.2 Å². The van der Waals surface area contributed by atoms with Crippen molar-refractivity contribution in [1.82, 2.24) is 19.9 Å². The van der Waals surface area contributed by atoms with Gasteiger partial charge in [-0.05, 0) is 90.7 Å². The molecule has 0 fully saturated rings. The van der Waals surface area contributed by atoms with E-state index in [1.165, 1.54) is 29.8 Å². The third kappa shape index (κ3) is 10.4. The summed E-state index contributed by atoms with van der Waals surface area (Å²) >= 11 is 0. The minimum atomic E-state index is -1.02. The molecular weight excluding hydrogens is 749 g/mol. The largest absolute Gasteiger partial charge is 0.485 e. The maximum absolute atomic E-state index is 11.4. The Morgan fingerprint density at radius 1 is 0.508 bits per heavy atom. The molecule has 2 heterocycles. The minimum absolute atomic E-state index is 0.139. The number of H-pyrrole nitrogens is 2. The number of carboxylic acids is 2. The minimum Gasteiger partial charge on any atom is -0.485 e. The summed E-state index contributed by atoms with van der Waals surface area (Å²) in [5.41, 5.74) is 8.27.